The van der Waals surface area contributed by atoms with Crippen LogP contribution in [-0.2, 0) is 32.7 Å². The number of pyridine rings is 1. The lowest BCUT2D eigenvalue weighted by atomic mass is 10.0. The summed E-state index contributed by atoms with van der Waals surface area (Å²) in [6, 6.07) is 18.6. The van der Waals surface area contributed by atoms with Crippen molar-refractivity contribution in [2.75, 3.05) is 64.2 Å². The number of para-hydroxylation sites is 1. The first-order valence-electron chi connectivity index (χ1n) is 27.9. The highest BCUT2D eigenvalue weighted by Crippen LogP contribution is 2.46. The normalized spacial score (nSPS) is 14.7. The lowest BCUT2D eigenvalue weighted by Crippen LogP contribution is -2.45. The van der Waals surface area contributed by atoms with Crippen LogP contribution in [-0.4, -0.2) is 81.1 Å². The van der Waals surface area contributed by atoms with E-state index in [2.05, 4.69) is 60.9 Å². The molecular weight excluding hydrogens is 932 g/mol. The molecule has 71 heavy (non-hydrogen) atoms. The number of likely N-dealkylation sites (N-methyl/N-ethyl adjacent to an activating group) is 1. The Morgan fingerprint density at radius 1 is 0.690 bits per heavy atom. The lowest BCUT2D eigenvalue weighted by Gasteiger charge is -2.31. The summed E-state index contributed by atoms with van der Waals surface area (Å²) in [5, 5.41) is 8.17. The molecule has 0 aliphatic carbocycles. The summed E-state index contributed by atoms with van der Waals surface area (Å²) < 4.78 is 35.2. The van der Waals surface area contributed by atoms with Gasteiger partial charge in [0.05, 0.1) is 45.0 Å². The molecular formula is C57H93N4O8PS. The molecule has 0 saturated carbocycles. The number of hydrogen-bond acceptors (Lipinski definition) is 12. The molecule has 0 amide bonds. The van der Waals surface area contributed by atoms with E-state index in [1.807, 2.05) is 32.3 Å². The second-order valence-corrected chi connectivity index (χ2v) is 23.0. The number of hydrogen-bond donors (Lipinski definition) is 2. The molecule has 0 radical (unpaired) electrons. The third-order valence-corrected chi connectivity index (χ3v) is 15.7. The van der Waals surface area contributed by atoms with Crippen LogP contribution in [0.5, 0.6) is 0 Å². The first-order chi connectivity index (χ1) is 34.5. The number of carbonyl (C=O) groups excluding carboxylic acids is 2. The molecule has 2 aromatic carbocycles. The Morgan fingerprint density at radius 2 is 1.24 bits per heavy atom. The highest BCUT2D eigenvalue weighted by Gasteiger charge is 2.25. The minimum atomic E-state index is -4.76. The zero-order valence-electron chi connectivity index (χ0n) is 44.4. The van der Waals surface area contributed by atoms with Crippen LogP contribution >= 0.6 is 19.6 Å². The van der Waals surface area contributed by atoms with Crippen molar-refractivity contribution in [1.82, 2.24) is 4.98 Å². The summed E-state index contributed by atoms with van der Waals surface area (Å²) in [6.07, 6.45) is 30.8. The van der Waals surface area contributed by atoms with Crippen LogP contribution in [0.15, 0.2) is 59.5 Å². The number of ether oxygens (including phenoxy) is 2. The predicted octanol–water partition coefficient (Wildman–Crippen LogP) is 14.9. The number of nitrogens with one attached hydrogen (secondary N) is 2. The molecule has 1 aromatic heterocycles. The van der Waals surface area contributed by atoms with Crippen LogP contribution in [0.25, 0.3) is 10.9 Å². The second-order valence-electron chi connectivity index (χ2n) is 20.4. The average molecular weight is 1030 g/mol. The average Bonchev–Trinajstić information content (AvgIpc) is 3.79. The van der Waals surface area contributed by atoms with Gasteiger partial charge >= 0.3 is 11.9 Å². The predicted molar refractivity (Wildman–Crippen MR) is 292 cm³/mol. The van der Waals surface area contributed by atoms with Crippen molar-refractivity contribution in [3.63, 3.8) is 0 Å². The monoisotopic (exact) mass is 1020 g/mol. The van der Waals surface area contributed by atoms with Crippen molar-refractivity contribution in [2.24, 2.45) is 0 Å². The lowest BCUT2D eigenvalue weighted by molar-refractivity contribution is -0.888. The number of esters is 2. The van der Waals surface area contributed by atoms with E-state index in [9.17, 15) is 19.0 Å². The van der Waals surface area contributed by atoms with Crippen LogP contribution in [0.1, 0.15) is 205 Å². The van der Waals surface area contributed by atoms with Crippen LogP contribution in [0, 0.1) is 0 Å². The van der Waals surface area contributed by atoms with Crippen molar-refractivity contribution in [1.29, 1.82) is 0 Å². The topological polar surface area (TPSA) is 148 Å². The number of carbonyl (C=O) groups is 2. The standard InChI is InChI=1S/C57H93N4O8PS/c1-5-7-9-11-13-15-17-19-21-23-25-27-29-35-55(62)66-46-50(69-56(63)36-30-28-26-24-22-20-18-16-14-12-10-8-6-2)47-68-70(64,65)67-44-43-61(3,4)42-41-58-49-38-40-51-48(45-49)37-39-53(59-51)57-60-52-33-31-32-34-54(52)71-57/h31-34,37-40,45,50,57-58,60H,5-30,35-36,41-44,46-47H2,1-4H3. The third kappa shape index (κ3) is 27.1. The van der Waals surface area contributed by atoms with Crippen molar-refractivity contribution in [2.45, 2.75) is 210 Å². The van der Waals surface area contributed by atoms with E-state index >= 15 is 0 Å². The molecule has 2 N–H and O–H groups in total. The molecule has 2 heterocycles. The SMILES string of the molecule is CCCCCCCCCCCCCCCC(=O)OCC(COP(=O)([O-])OCC[N+](C)(C)CCNc1ccc2nc(C3Nc4ccccc4S3)ccc2c1)OC(=O)CCCCCCCCCCCCCCC. The summed E-state index contributed by atoms with van der Waals surface area (Å²) in [7, 11) is -0.732. The molecule has 4 rings (SSSR count). The molecule has 3 atom stereocenters. The van der Waals surface area contributed by atoms with E-state index in [4.69, 9.17) is 23.5 Å². The maximum atomic E-state index is 13.0. The van der Waals surface area contributed by atoms with Gasteiger partial charge in [-0.05, 0) is 49.2 Å². The third-order valence-electron chi connectivity index (χ3n) is 13.5. The molecule has 14 heteroatoms. The second kappa shape index (κ2) is 35.9. The Labute approximate surface area is 433 Å². The fraction of sp³-hybridized carbons (Fsp3) is 0.702. The first-order valence-corrected chi connectivity index (χ1v) is 30.2. The largest absolute Gasteiger partial charge is 0.756 e. The van der Waals surface area contributed by atoms with Gasteiger partial charge in [0.25, 0.3) is 7.82 Å². The molecule has 0 spiro atoms. The van der Waals surface area contributed by atoms with E-state index in [-0.39, 0.29) is 31.4 Å². The summed E-state index contributed by atoms with van der Waals surface area (Å²) in [6.45, 7) is 5.41. The number of anilines is 2. The van der Waals surface area contributed by atoms with Gasteiger partial charge in [0, 0.05) is 34.5 Å². The smallest absolute Gasteiger partial charge is 0.306 e. The van der Waals surface area contributed by atoms with Gasteiger partial charge in [0.1, 0.15) is 25.1 Å². The number of nitrogens with zero attached hydrogens (tertiary/aromatic N) is 2. The molecule has 3 aromatic rings. The Kier molecular flexibility index (Phi) is 30.5. The van der Waals surface area contributed by atoms with Gasteiger partial charge in [-0.2, -0.15) is 0 Å². The van der Waals surface area contributed by atoms with E-state index < -0.39 is 32.5 Å². The van der Waals surface area contributed by atoms with Crippen LogP contribution in [0.4, 0.5) is 11.4 Å². The molecule has 400 valence electrons. The number of fused-ring (bicyclic) bond motifs is 2. The maximum Gasteiger partial charge on any atom is 0.306 e. The summed E-state index contributed by atoms with van der Waals surface area (Å²) >= 11 is 1.77. The Balaban J connectivity index is 1.13. The summed E-state index contributed by atoms with van der Waals surface area (Å²) in [5.41, 5.74) is 4.03. The zero-order valence-corrected chi connectivity index (χ0v) is 46.1. The number of thioether (sulfide) groups is 1. The number of quaternary nitrogens is 1. The van der Waals surface area contributed by atoms with E-state index in [1.165, 1.54) is 127 Å². The van der Waals surface area contributed by atoms with Crippen LogP contribution in [0.2, 0.25) is 0 Å². The van der Waals surface area contributed by atoms with Gasteiger partial charge in [0.15, 0.2) is 6.10 Å². The number of benzene rings is 2. The van der Waals surface area contributed by atoms with E-state index in [0.29, 0.717) is 30.5 Å². The van der Waals surface area contributed by atoms with Crippen molar-refractivity contribution < 1.29 is 42.1 Å². The van der Waals surface area contributed by atoms with Gasteiger partial charge < -0.3 is 38.5 Å². The number of rotatable bonds is 43. The van der Waals surface area contributed by atoms with Crippen molar-refractivity contribution in [3.05, 3.63) is 60.3 Å². The van der Waals surface area contributed by atoms with Gasteiger partial charge in [-0.3, -0.25) is 14.2 Å². The van der Waals surface area contributed by atoms with Gasteiger partial charge in [-0.1, -0.05) is 198 Å². The summed E-state index contributed by atoms with van der Waals surface area (Å²) in [4.78, 5) is 44.8. The van der Waals surface area contributed by atoms with Crippen LogP contribution < -0.4 is 15.5 Å². The highest BCUT2D eigenvalue weighted by atomic mass is 32.2. The molecule has 1 aliphatic rings. The molecule has 1 aliphatic heterocycles. The number of unbranched alkanes of at least 4 members (excludes halogenated alkanes) is 24. The number of phosphoric acid groups is 1. The van der Waals surface area contributed by atoms with Crippen LogP contribution in [0.3, 0.4) is 0 Å². The minimum absolute atomic E-state index is 0.0748. The number of aromatic nitrogens is 1. The number of phosphoric ester groups is 1. The van der Waals surface area contributed by atoms with E-state index in [1.54, 1.807) is 11.8 Å². The zero-order chi connectivity index (χ0) is 50.8. The molecule has 0 fully saturated rings. The molecule has 3 unspecified atom stereocenters. The molecule has 12 nitrogen and oxygen atoms in total. The Morgan fingerprint density at radius 3 is 1.82 bits per heavy atom. The minimum Gasteiger partial charge on any atom is -0.756 e. The Hall–Kier alpha value is -3.19. The summed E-state index contributed by atoms with van der Waals surface area (Å²) in [5.74, 6) is -0.850. The first kappa shape index (κ1) is 60.4. The van der Waals surface area contributed by atoms with Crippen molar-refractivity contribution >= 4 is 53.8 Å². The fourth-order valence-electron chi connectivity index (χ4n) is 8.94. The van der Waals surface area contributed by atoms with E-state index in [0.717, 1.165) is 66.5 Å². The quantitative estimate of drug-likeness (QED) is 0.0241. The molecule has 0 saturated heterocycles. The highest BCUT2D eigenvalue weighted by molar-refractivity contribution is 8.00. The maximum absolute atomic E-state index is 13.0. The van der Waals surface area contributed by atoms with Gasteiger partial charge in [-0.25, -0.2) is 4.98 Å². The molecule has 0 bridgehead atoms. The Bertz CT molecular complexity index is 1950. The fourth-order valence-corrected chi connectivity index (χ4v) is 10.8. The van der Waals surface area contributed by atoms with Gasteiger partial charge in [-0.15, -0.1) is 0 Å². The van der Waals surface area contributed by atoms with Gasteiger partial charge in [0.2, 0.25) is 0 Å². The van der Waals surface area contributed by atoms with Crippen molar-refractivity contribution in [3.8, 4) is 0 Å².